The number of hydrogen-bond acceptors (Lipinski definition) is 2. The fourth-order valence-electron chi connectivity index (χ4n) is 2.16. The molecule has 1 heterocycles. The van der Waals surface area contributed by atoms with Crippen LogP contribution < -0.4 is 5.32 Å². The number of carbonyl (C=O) groups excluding carboxylic acids is 1. The second-order valence-electron chi connectivity index (χ2n) is 5.03. The minimum absolute atomic E-state index is 0.110. The Morgan fingerprint density at radius 1 is 1.53 bits per heavy atom. The van der Waals surface area contributed by atoms with Gasteiger partial charge in [-0.3, -0.25) is 0 Å². The van der Waals surface area contributed by atoms with Crippen molar-refractivity contribution in [1.82, 2.24) is 10.2 Å². The monoisotopic (exact) mass is 326 g/mol. The summed E-state index contributed by atoms with van der Waals surface area (Å²) >= 11 is 3.45. The molecule has 0 bridgehead atoms. The first-order valence-corrected chi connectivity index (χ1v) is 7.31. The van der Waals surface area contributed by atoms with E-state index in [1.165, 1.54) is 0 Å². The Hall–Kier alpha value is -1.07. The molecule has 19 heavy (non-hydrogen) atoms. The van der Waals surface area contributed by atoms with Crippen molar-refractivity contribution >= 4 is 22.0 Å². The van der Waals surface area contributed by atoms with Crippen molar-refractivity contribution in [1.29, 1.82) is 0 Å². The Kier molecular flexibility index (Phi) is 4.82. The lowest BCUT2D eigenvalue weighted by molar-refractivity contribution is 0.0435. The van der Waals surface area contributed by atoms with E-state index in [1.807, 2.05) is 31.2 Å². The van der Waals surface area contributed by atoms with Gasteiger partial charge in [0.15, 0.2) is 0 Å². The minimum Gasteiger partial charge on any atom is -0.391 e. The summed E-state index contributed by atoms with van der Waals surface area (Å²) in [7, 11) is 0. The van der Waals surface area contributed by atoms with Crippen LogP contribution in [-0.4, -0.2) is 35.2 Å². The average molecular weight is 327 g/mol. The van der Waals surface area contributed by atoms with Crippen LogP contribution in [0.15, 0.2) is 28.7 Å². The average Bonchev–Trinajstić information content (AvgIpc) is 2.40. The molecule has 2 amide bonds. The van der Waals surface area contributed by atoms with Crippen molar-refractivity contribution in [2.75, 3.05) is 13.1 Å². The number of likely N-dealkylation sites (tertiary alicyclic amines) is 1. The van der Waals surface area contributed by atoms with E-state index in [2.05, 4.69) is 21.2 Å². The Bertz CT molecular complexity index is 453. The number of nitrogens with zero attached hydrogens (tertiary/aromatic N) is 1. The fraction of sp³-hybridized carbons (Fsp3) is 0.500. The van der Waals surface area contributed by atoms with E-state index in [0.717, 1.165) is 16.5 Å². The molecule has 0 saturated carbocycles. The number of halogens is 1. The van der Waals surface area contributed by atoms with Gasteiger partial charge in [-0.2, -0.15) is 0 Å². The first-order chi connectivity index (χ1) is 9.08. The number of rotatable bonds is 2. The standard InChI is InChI=1S/C14H19BrN2O2/c1-10-6-7-17(9-13(10)18)14(19)16-8-11-4-2-3-5-12(11)15/h2-5,10,13,18H,6-9H2,1H3,(H,16,19). The number of piperidine rings is 1. The summed E-state index contributed by atoms with van der Waals surface area (Å²) in [5, 5.41) is 12.7. The van der Waals surface area contributed by atoms with Crippen LogP contribution >= 0.6 is 15.9 Å². The zero-order valence-electron chi connectivity index (χ0n) is 11.0. The molecule has 1 aliphatic heterocycles. The highest BCUT2D eigenvalue weighted by atomic mass is 79.9. The summed E-state index contributed by atoms with van der Waals surface area (Å²) in [4.78, 5) is 13.7. The third-order valence-corrected chi connectivity index (χ3v) is 4.37. The second kappa shape index (κ2) is 6.39. The normalized spacial score (nSPS) is 23.2. The number of urea groups is 1. The summed E-state index contributed by atoms with van der Waals surface area (Å²) in [6, 6.07) is 7.70. The van der Waals surface area contributed by atoms with Crippen LogP contribution in [0.25, 0.3) is 0 Å². The topological polar surface area (TPSA) is 52.6 Å². The molecule has 2 atom stereocenters. The third-order valence-electron chi connectivity index (χ3n) is 3.59. The predicted octanol–water partition coefficient (Wildman–Crippen LogP) is 2.36. The molecule has 5 heteroatoms. The first kappa shape index (κ1) is 14.3. The van der Waals surface area contributed by atoms with Gasteiger partial charge in [-0.15, -0.1) is 0 Å². The van der Waals surface area contributed by atoms with Gasteiger partial charge in [0.25, 0.3) is 0 Å². The van der Waals surface area contributed by atoms with E-state index < -0.39 is 6.10 Å². The minimum atomic E-state index is -0.414. The summed E-state index contributed by atoms with van der Waals surface area (Å²) < 4.78 is 0.989. The van der Waals surface area contributed by atoms with E-state index in [-0.39, 0.29) is 11.9 Å². The molecule has 1 fully saturated rings. The third kappa shape index (κ3) is 3.70. The maximum absolute atomic E-state index is 12.0. The number of aliphatic hydroxyl groups is 1. The number of amides is 2. The molecule has 2 N–H and O–H groups in total. The number of hydrogen-bond donors (Lipinski definition) is 2. The highest BCUT2D eigenvalue weighted by molar-refractivity contribution is 9.10. The SMILES string of the molecule is CC1CCN(C(=O)NCc2ccccc2Br)CC1O. The van der Waals surface area contributed by atoms with Gasteiger partial charge < -0.3 is 15.3 Å². The molecule has 104 valence electrons. The largest absolute Gasteiger partial charge is 0.391 e. The van der Waals surface area contributed by atoms with Gasteiger partial charge in [-0.05, 0) is 24.0 Å². The van der Waals surface area contributed by atoms with E-state index in [9.17, 15) is 9.90 Å². The van der Waals surface area contributed by atoms with E-state index >= 15 is 0 Å². The van der Waals surface area contributed by atoms with Crippen molar-refractivity contribution in [2.24, 2.45) is 5.92 Å². The number of nitrogens with one attached hydrogen (secondary N) is 1. The number of aliphatic hydroxyl groups excluding tert-OH is 1. The number of benzene rings is 1. The quantitative estimate of drug-likeness (QED) is 0.876. The molecular formula is C14H19BrN2O2. The highest BCUT2D eigenvalue weighted by Crippen LogP contribution is 2.18. The molecular weight excluding hydrogens is 308 g/mol. The molecule has 0 aliphatic carbocycles. The summed E-state index contributed by atoms with van der Waals surface area (Å²) in [5.41, 5.74) is 1.04. The van der Waals surface area contributed by atoms with Gasteiger partial charge in [0, 0.05) is 24.1 Å². The van der Waals surface area contributed by atoms with Crippen molar-refractivity contribution in [3.8, 4) is 0 Å². The first-order valence-electron chi connectivity index (χ1n) is 6.52. The van der Waals surface area contributed by atoms with Crippen molar-refractivity contribution in [3.63, 3.8) is 0 Å². The molecule has 4 nitrogen and oxygen atoms in total. The van der Waals surface area contributed by atoms with Crippen molar-refractivity contribution in [3.05, 3.63) is 34.3 Å². The van der Waals surface area contributed by atoms with Crippen molar-refractivity contribution < 1.29 is 9.90 Å². The fourth-order valence-corrected chi connectivity index (χ4v) is 2.58. The maximum atomic E-state index is 12.0. The summed E-state index contributed by atoms with van der Waals surface area (Å²) in [6.45, 7) is 3.63. The van der Waals surface area contributed by atoms with Crippen LogP contribution in [0.2, 0.25) is 0 Å². The van der Waals surface area contributed by atoms with Crippen LogP contribution in [-0.2, 0) is 6.54 Å². The molecule has 0 radical (unpaired) electrons. The number of β-amino-alcohol motifs (C(OH)–C–C–N with tert-alkyl or cyclic N) is 1. The molecule has 1 aromatic rings. The molecule has 0 aromatic heterocycles. The molecule has 1 aromatic carbocycles. The van der Waals surface area contributed by atoms with Crippen LogP contribution in [0, 0.1) is 5.92 Å². The zero-order valence-corrected chi connectivity index (χ0v) is 12.6. The lowest BCUT2D eigenvalue weighted by Crippen LogP contribution is -2.49. The Balaban J connectivity index is 1.87. The van der Waals surface area contributed by atoms with Gasteiger partial charge in [-0.1, -0.05) is 41.1 Å². The molecule has 0 spiro atoms. The molecule has 1 aliphatic rings. The van der Waals surface area contributed by atoms with Gasteiger partial charge in [-0.25, -0.2) is 4.79 Å². The lowest BCUT2D eigenvalue weighted by Gasteiger charge is -2.34. The Morgan fingerprint density at radius 2 is 2.26 bits per heavy atom. The second-order valence-corrected chi connectivity index (χ2v) is 5.88. The van der Waals surface area contributed by atoms with Crippen LogP contribution in [0.3, 0.4) is 0 Å². The van der Waals surface area contributed by atoms with Gasteiger partial charge in [0.2, 0.25) is 0 Å². The maximum Gasteiger partial charge on any atom is 0.317 e. The van der Waals surface area contributed by atoms with Gasteiger partial charge >= 0.3 is 6.03 Å². The molecule has 1 saturated heterocycles. The number of carbonyl (C=O) groups is 1. The van der Waals surface area contributed by atoms with Crippen molar-refractivity contribution in [2.45, 2.75) is 26.0 Å². The molecule has 2 rings (SSSR count). The zero-order chi connectivity index (χ0) is 13.8. The Labute approximate surface area is 121 Å². The van der Waals surface area contributed by atoms with E-state index in [4.69, 9.17) is 0 Å². The summed E-state index contributed by atoms with van der Waals surface area (Å²) in [5.74, 6) is 0.271. The van der Waals surface area contributed by atoms with Gasteiger partial charge in [0.1, 0.15) is 0 Å². The van der Waals surface area contributed by atoms with Crippen LogP contribution in [0.5, 0.6) is 0 Å². The summed E-state index contributed by atoms with van der Waals surface area (Å²) in [6.07, 6.45) is 0.437. The highest BCUT2D eigenvalue weighted by Gasteiger charge is 2.27. The lowest BCUT2D eigenvalue weighted by atomic mass is 9.96. The van der Waals surface area contributed by atoms with Gasteiger partial charge in [0.05, 0.1) is 6.10 Å². The predicted molar refractivity (Wildman–Crippen MR) is 77.7 cm³/mol. The van der Waals surface area contributed by atoms with Crippen LogP contribution in [0.1, 0.15) is 18.9 Å². The van der Waals surface area contributed by atoms with E-state index in [1.54, 1.807) is 4.90 Å². The molecule has 2 unspecified atom stereocenters. The smallest absolute Gasteiger partial charge is 0.317 e. The Morgan fingerprint density at radius 3 is 2.95 bits per heavy atom. The van der Waals surface area contributed by atoms with E-state index in [0.29, 0.717) is 19.6 Å². The van der Waals surface area contributed by atoms with Crippen LogP contribution in [0.4, 0.5) is 4.79 Å².